The molecule has 170 valence electrons. The molecule has 0 radical (unpaired) electrons. The van der Waals surface area contributed by atoms with Gasteiger partial charge in [0.1, 0.15) is 18.1 Å². The SMILES string of the molecule is CSCCC(NC(=O)C(CC(N)=O)NC(=O)C1CCCN1)C(=O)NC(CO)C(=O)O. The molecule has 0 spiro atoms. The summed E-state index contributed by atoms with van der Waals surface area (Å²) in [6.07, 6.45) is 2.88. The van der Waals surface area contributed by atoms with E-state index in [0.29, 0.717) is 18.7 Å². The maximum atomic E-state index is 12.7. The third-order valence-electron chi connectivity index (χ3n) is 4.46. The molecule has 1 heterocycles. The fourth-order valence-corrected chi connectivity index (χ4v) is 3.30. The Balaban J connectivity index is 2.86. The fraction of sp³-hybridized carbons (Fsp3) is 0.706. The molecule has 1 aliphatic heterocycles. The molecule has 12 nitrogen and oxygen atoms in total. The minimum absolute atomic E-state index is 0.165. The molecule has 30 heavy (non-hydrogen) atoms. The van der Waals surface area contributed by atoms with Crippen LogP contribution in [0.1, 0.15) is 25.7 Å². The fourth-order valence-electron chi connectivity index (χ4n) is 2.83. The molecule has 8 N–H and O–H groups in total. The summed E-state index contributed by atoms with van der Waals surface area (Å²) in [6.45, 7) is -0.156. The van der Waals surface area contributed by atoms with E-state index in [0.717, 1.165) is 6.42 Å². The van der Waals surface area contributed by atoms with E-state index < -0.39 is 66.8 Å². The van der Waals surface area contributed by atoms with Gasteiger partial charge in [-0.15, -0.1) is 0 Å². The lowest BCUT2D eigenvalue weighted by Crippen LogP contribution is -2.58. The lowest BCUT2D eigenvalue weighted by Gasteiger charge is -2.24. The van der Waals surface area contributed by atoms with Gasteiger partial charge in [-0.3, -0.25) is 19.2 Å². The summed E-state index contributed by atoms with van der Waals surface area (Å²) in [7, 11) is 0. The van der Waals surface area contributed by atoms with Crippen molar-refractivity contribution in [1.29, 1.82) is 0 Å². The average molecular weight is 448 g/mol. The number of thioether (sulfide) groups is 1. The zero-order valence-corrected chi connectivity index (χ0v) is 17.5. The number of aliphatic carboxylic acids is 1. The number of carbonyl (C=O) groups is 5. The van der Waals surface area contributed by atoms with E-state index in [2.05, 4.69) is 21.3 Å². The van der Waals surface area contributed by atoms with Crippen molar-refractivity contribution in [2.45, 2.75) is 49.9 Å². The van der Waals surface area contributed by atoms with E-state index in [9.17, 15) is 24.0 Å². The summed E-state index contributed by atoms with van der Waals surface area (Å²) >= 11 is 1.40. The monoisotopic (exact) mass is 447 g/mol. The van der Waals surface area contributed by atoms with Gasteiger partial charge in [0.2, 0.25) is 23.6 Å². The number of aliphatic hydroxyl groups excluding tert-OH is 1. The van der Waals surface area contributed by atoms with E-state index in [1.807, 2.05) is 0 Å². The molecule has 1 aliphatic rings. The normalized spacial score (nSPS) is 18.7. The van der Waals surface area contributed by atoms with E-state index >= 15 is 0 Å². The van der Waals surface area contributed by atoms with Gasteiger partial charge in [-0.05, 0) is 37.8 Å². The topological polar surface area (TPSA) is 200 Å². The van der Waals surface area contributed by atoms with Crippen molar-refractivity contribution in [3.05, 3.63) is 0 Å². The van der Waals surface area contributed by atoms with E-state index in [1.165, 1.54) is 11.8 Å². The largest absolute Gasteiger partial charge is 0.480 e. The Hall–Kier alpha value is -2.38. The molecule has 1 rings (SSSR count). The summed E-state index contributed by atoms with van der Waals surface area (Å²) in [6, 6.07) is -4.42. The molecule has 4 amide bonds. The van der Waals surface area contributed by atoms with E-state index in [4.69, 9.17) is 15.9 Å². The summed E-state index contributed by atoms with van der Waals surface area (Å²) in [5.74, 6) is -3.83. The number of nitrogens with two attached hydrogens (primary N) is 1. The maximum Gasteiger partial charge on any atom is 0.328 e. The molecule has 0 aliphatic carbocycles. The Morgan fingerprint density at radius 3 is 2.23 bits per heavy atom. The van der Waals surface area contributed by atoms with Crippen molar-refractivity contribution < 1.29 is 34.2 Å². The Kier molecular flexibility index (Phi) is 11.1. The average Bonchev–Trinajstić information content (AvgIpc) is 3.22. The van der Waals surface area contributed by atoms with Crippen LogP contribution in [0.15, 0.2) is 0 Å². The highest BCUT2D eigenvalue weighted by Crippen LogP contribution is 2.07. The van der Waals surface area contributed by atoms with Gasteiger partial charge in [0, 0.05) is 0 Å². The van der Waals surface area contributed by atoms with Gasteiger partial charge in [-0.2, -0.15) is 11.8 Å². The molecular weight excluding hydrogens is 418 g/mol. The number of amides is 4. The Bertz CT molecular complexity index is 642. The predicted octanol–water partition coefficient (Wildman–Crippen LogP) is -3.10. The van der Waals surface area contributed by atoms with Crippen molar-refractivity contribution in [3.8, 4) is 0 Å². The van der Waals surface area contributed by atoms with Crippen molar-refractivity contribution >= 4 is 41.4 Å². The molecule has 1 fully saturated rings. The first-order chi connectivity index (χ1) is 14.2. The molecule has 13 heteroatoms. The second-order valence-corrected chi connectivity index (χ2v) is 7.79. The summed E-state index contributed by atoms with van der Waals surface area (Å²) in [5, 5.41) is 28.1. The van der Waals surface area contributed by atoms with Crippen LogP contribution in [0.4, 0.5) is 0 Å². The van der Waals surface area contributed by atoms with Crippen molar-refractivity contribution in [2.24, 2.45) is 5.73 Å². The molecule has 0 saturated carbocycles. The molecule has 1 saturated heterocycles. The first-order valence-electron chi connectivity index (χ1n) is 9.45. The number of carboxylic acid groups (broad SMARTS) is 1. The highest BCUT2D eigenvalue weighted by molar-refractivity contribution is 7.98. The first-order valence-corrected chi connectivity index (χ1v) is 10.8. The van der Waals surface area contributed by atoms with Crippen LogP contribution in [0.5, 0.6) is 0 Å². The van der Waals surface area contributed by atoms with Crippen molar-refractivity contribution in [1.82, 2.24) is 21.3 Å². The Morgan fingerprint density at radius 1 is 1.10 bits per heavy atom. The van der Waals surface area contributed by atoms with Crippen LogP contribution in [-0.4, -0.2) is 89.1 Å². The van der Waals surface area contributed by atoms with Gasteiger partial charge in [0.25, 0.3) is 0 Å². The zero-order chi connectivity index (χ0) is 22.7. The minimum Gasteiger partial charge on any atom is -0.480 e. The molecule has 0 bridgehead atoms. The highest BCUT2D eigenvalue weighted by atomic mass is 32.2. The number of aliphatic hydroxyl groups is 1. The standard InChI is InChI=1S/C17H29N5O7S/c1-30-6-4-10(15(26)22-12(8-23)17(28)29)20-16(27)11(7-13(18)24)21-14(25)9-3-2-5-19-9/h9-12,19,23H,2-8H2,1H3,(H2,18,24)(H,20,27)(H,21,25)(H,22,26)(H,28,29). The summed E-state index contributed by atoms with van der Waals surface area (Å²) < 4.78 is 0. The highest BCUT2D eigenvalue weighted by Gasteiger charge is 2.31. The number of carbonyl (C=O) groups excluding carboxylic acids is 4. The van der Waals surface area contributed by atoms with Gasteiger partial charge < -0.3 is 37.2 Å². The molecule has 0 aromatic heterocycles. The van der Waals surface area contributed by atoms with Gasteiger partial charge in [0.15, 0.2) is 0 Å². The van der Waals surface area contributed by atoms with Gasteiger partial charge in [-0.1, -0.05) is 0 Å². The molecule has 4 unspecified atom stereocenters. The van der Waals surface area contributed by atoms with Crippen LogP contribution < -0.4 is 27.0 Å². The maximum absolute atomic E-state index is 12.7. The molecular formula is C17H29N5O7S. The van der Waals surface area contributed by atoms with E-state index in [-0.39, 0.29) is 6.42 Å². The van der Waals surface area contributed by atoms with Crippen LogP contribution in [0.3, 0.4) is 0 Å². The van der Waals surface area contributed by atoms with Crippen molar-refractivity contribution in [2.75, 3.05) is 25.2 Å². The van der Waals surface area contributed by atoms with Crippen LogP contribution in [0, 0.1) is 0 Å². The smallest absolute Gasteiger partial charge is 0.328 e. The van der Waals surface area contributed by atoms with Crippen LogP contribution >= 0.6 is 11.8 Å². The quantitative estimate of drug-likeness (QED) is 0.153. The lowest BCUT2D eigenvalue weighted by atomic mass is 10.1. The second kappa shape index (κ2) is 13.0. The number of carboxylic acids is 1. The summed E-state index contributed by atoms with van der Waals surface area (Å²) in [4.78, 5) is 59.8. The second-order valence-electron chi connectivity index (χ2n) is 6.81. The predicted molar refractivity (Wildman–Crippen MR) is 108 cm³/mol. The third-order valence-corrected chi connectivity index (χ3v) is 5.10. The number of primary amides is 1. The Labute approximate surface area is 178 Å². The number of hydrogen-bond acceptors (Lipinski definition) is 8. The molecule has 4 atom stereocenters. The number of rotatable bonds is 13. The third kappa shape index (κ3) is 8.55. The lowest BCUT2D eigenvalue weighted by molar-refractivity contribution is -0.143. The number of nitrogens with one attached hydrogen (secondary N) is 4. The number of hydrogen-bond donors (Lipinski definition) is 7. The van der Waals surface area contributed by atoms with Gasteiger partial charge in [-0.25, -0.2) is 4.79 Å². The molecule has 0 aromatic rings. The van der Waals surface area contributed by atoms with Crippen LogP contribution in [0.2, 0.25) is 0 Å². The summed E-state index contributed by atoms with van der Waals surface area (Å²) in [5.41, 5.74) is 5.19. The van der Waals surface area contributed by atoms with Crippen molar-refractivity contribution in [3.63, 3.8) is 0 Å². The van der Waals surface area contributed by atoms with Gasteiger partial charge in [0.05, 0.1) is 19.1 Å². The molecule has 0 aromatic carbocycles. The van der Waals surface area contributed by atoms with Crippen LogP contribution in [-0.2, 0) is 24.0 Å². The first kappa shape index (κ1) is 25.7. The minimum atomic E-state index is -1.53. The van der Waals surface area contributed by atoms with Gasteiger partial charge >= 0.3 is 5.97 Å². The van der Waals surface area contributed by atoms with E-state index in [1.54, 1.807) is 6.26 Å². The zero-order valence-electron chi connectivity index (χ0n) is 16.7. The van der Waals surface area contributed by atoms with Crippen LogP contribution in [0.25, 0.3) is 0 Å². The Morgan fingerprint density at radius 2 is 1.73 bits per heavy atom.